The summed E-state index contributed by atoms with van der Waals surface area (Å²) < 4.78 is 45.9. The average Bonchev–Trinajstić information content (AvgIpc) is 2.80. The number of aromatic nitrogens is 1. The van der Waals surface area contributed by atoms with E-state index in [2.05, 4.69) is 4.74 Å². The maximum atomic E-state index is 13.4. The molecule has 0 amide bonds. The van der Waals surface area contributed by atoms with Crippen LogP contribution in [0.2, 0.25) is 0 Å². The highest BCUT2D eigenvalue weighted by Gasteiger charge is 2.63. The lowest BCUT2D eigenvalue weighted by Crippen LogP contribution is -2.50. The maximum absolute atomic E-state index is 13.4. The van der Waals surface area contributed by atoms with E-state index in [0.717, 1.165) is 13.2 Å². The third-order valence-electron chi connectivity index (χ3n) is 3.73. The molecule has 0 saturated carbocycles. The van der Waals surface area contributed by atoms with Gasteiger partial charge in [0.2, 0.25) is 0 Å². The van der Waals surface area contributed by atoms with Gasteiger partial charge in [0.1, 0.15) is 0 Å². The van der Waals surface area contributed by atoms with Gasteiger partial charge in [-0.15, -0.1) is 0 Å². The van der Waals surface area contributed by atoms with Gasteiger partial charge < -0.3 is 14.4 Å². The first kappa shape index (κ1) is 17.1. The third kappa shape index (κ3) is 2.61. The lowest BCUT2D eigenvalue weighted by Gasteiger charge is -2.28. The molecule has 1 heterocycles. The molecule has 1 aromatic carbocycles. The number of nitrogens with zero attached hydrogens (tertiary/aromatic N) is 1. The van der Waals surface area contributed by atoms with Crippen LogP contribution in [0, 0.1) is 13.8 Å². The van der Waals surface area contributed by atoms with Crippen molar-refractivity contribution >= 4 is 5.97 Å². The lowest BCUT2D eigenvalue weighted by atomic mass is 9.93. The Kier molecular flexibility index (Phi) is 4.26. The summed E-state index contributed by atoms with van der Waals surface area (Å²) in [5.74, 6) is -1.77. The number of ether oxygens (including phenoxy) is 1. The molecule has 0 saturated heterocycles. The molecule has 7 heteroatoms. The summed E-state index contributed by atoms with van der Waals surface area (Å²) in [5, 5.41) is 10.1. The van der Waals surface area contributed by atoms with Crippen LogP contribution in [-0.4, -0.2) is 28.9 Å². The van der Waals surface area contributed by atoms with Crippen molar-refractivity contribution in [2.45, 2.75) is 25.6 Å². The van der Waals surface area contributed by atoms with E-state index in [0.29, 0.717) is 11.4 Å². The molecule has 124 valence electrons. The standard InChI is InChI=1S/C16H16F3NO3/c1-10-9-13(15(22,14(21)23-3)16(17,18)19)11(2)20(10)12-7-5-4-6-8-12/h4-9,22H,1-3H3/t15-/m0/s1. The van der Waals surface area contributed by atoms with Crippen LogP contribution in [0.4, 0.5) is 13.2 Å². The molecule has 0 aliphatic heterocycles. The number of alkyl halides is 3. The highest BCUT2D eigenvalue weighted by atomic mass is 19.4. The van der Waals surface area contributed by atoms with Gasteiger partial charge in [-0.05, 0) is 32.0 Å². The minimum atomic E-state index is -5.21. The molecule has 2 aromatic rings. The number of aliphatic hydroxyl groups is 1. The molecule has 0 spiro atoms. The molecule has 0 aliphatic carbocycles. The first-order valence-corrected chi connectivity index (χ1v) is 6.77. The van der Waals surface area contributed by atoms with E-state index in [-0.39, 0.29) is 5.69 Å². The number of carbonyl (C=O) groups is 1. The van der Waals surface area contributed by atoms with Crippen molar-refractivity contribution in [1.29, 1.82) is 0 Å². The zero-order chi connectivity index (χ0) is 17.4. The minimum absolute atomic E-state index is 0.110. The molecule has 2 rings (SSSR count). The quantitative estimate of drug-likeness (QED) is 0.882. The van der Waals surface area contributed by atoms with Gasteiger partial charge in [-0.3, -0.25) is 0 Å². The van der Waals surface area contributed by atoms with Crippen molar-refractivity contribution in [1.82, 2.24) is 4.57 Å². The largest absolute Gasteiger partial charge is 0.466 e. The molecule has 1 aromatic heterocycles. The molecule has 0 aliphatic rings. The highest BCUT2D eigenvalue weighted by molar-refractivity contribution is 5.82. The molecule has 23 heavy (non-hydrogen) atoms. The summed E-state index contributed by atoms with van der Waals surface area (Å²) in [7, 11) is 0.801. The summed E-state index contributed by atoms with van der Waals surface area (Å²) in [6.45, 7) is 3.01. The van der Waals surface area contributed by atoms with Crippen LogP contribution in [-0.2, 0) is 15.1 Å². The second-order valence-corrected chi connectivity index (χ2v) is 5.16. The summed E-state index contributed by atoms with van der Waals surface area (Å²) >= 11 is 0. The Bertz CT molecular complexity index is 722. The van der Waals surface area contributed by atoms with E-state index in [4.69, 9.17) is 0 Å². The molecule has 1 N–H and O–H groups in total. The number of esters is 1. The molecule has 0 radical (unpaired) electrons. The van der Waals surface area contributed by atoms with E-state index in [1.54, 1.807) is 37.3 Å². The van der Waals surface area contributed by atoms with Crippen molar-refractivity contribution in [3.8, 4) is 5.69 Å². The van der Waals surface area contributed by atoms with Crippen LogP contribution in [0.25, 0.3) is 5.69 Å². The van der Waals surface area contributed by atoms with E-state index in [1.165, 1.54) is 11.5 Å². The van der Waals surface area contributed by atoms with E-state index in [9.17, 15) is 23.1 Å². The van der Waals surface area contributed by atoms with Gasteiger partial charge >= 0.3 is 12.1 Å². The molecule has 4 nitrogen and oxygen atoms in total. The molecule has 0 bridgehead atoms. The number of methoxy groups -OCH3 is 1. The van der Waals surface area contributed by atoms with Crippen LogP contribution >= 0.6 is 0 Å². The Morgan fingerprint density at radius 3 is 2.22 bits per heavy atom. The van der Waals surface area contributed by atoms with E-state index in [1.807, 2.05) is 0 Å². The van der Waals surface area contributed by atoms with Gasteiger partial charge in [-0.25, -0.2) is 4.79 Å². The van der Waals surface area contributed by atoms with Gasteiger partial charge in [0.15, 0.2) is 0 Å². The fourth-order valence-electron chi connectivity index (χ4n) is 2.63. The molecule has 0 unspecified atom stereocenters. The number of aryl methyl sites for hydroxylation is 1. The van der Waals surface area contributed by atoms with Gasteiger partial charge in [0.25, 0.3) is 5.60 Å². The summed E-state index contributed by atoms with van der Waals surface area (Å²) in [6, 6.07) is 9.84. The second kappa shape index (κ2) is 5.73. The number of para-hydroxylation sites is 1. The summed E-state index contributed by atoms with van der Waals surface area (Å²) in [6.07, 6.45) is -5.21. The predicted molar refractivity (Wildman–Crippen MR) is 77.2 cm³/mol. The van der Waals surface area contributed by atoms with Gasteiger partial charge in [-0.1, -0.05) is 18.2 Å². The number of carbonyl (C=O) groups excluding carboxylic acids is 1. The van der Waals surface area contributed by atoms with Crippen molar-refractivity contribution in [3.63, 3.8) is 0 Å². The smallest absolute Gasteiger partial charge is 0.432 e. The molecular formula is C16H16F3NO3. The number of halogens is 3. The predicted octanol–water partition coefficient (Wildman–Crippen LogP) is 3.02. The maximum Gasteiger partial charge on any atom is 0.432 e. The van der Waals surface area contributed by atoms with E-state index >= 15 is 0 Å². The van der Waals surface area contributed by atoms with Crippen LogP contribution in [0.3, 0.4) is 0 Å². The topological polar surface area (TPSA) is 51.5 Å². The normalized spacial score (nSPS) is 14.4. The number of rotatable bonds is 3. The number of benzene rings is 1. The van der Waals surface area contributed by atoms with Crippen molar-refractivity contribution < 1.29 is 27.8 Å². The first-order valence-electron chi connectivity index (χ1n) is 6.77. The molecule has 0 fully saturated rings. The van der Waals surface area contributed by atoms with E-state index < -0.39 is 23.3 Å². The SMILES string of the molecule is COC(=O)[C@@](O)(c1cc(C)n(-c2ccccc2)c1C)C(F)(F)F. The summed E-state index contributed by atoms with van der Waals surface area (Å²) in [4.78, 5) is 11.7. The van der Waals surface area contributed by atoms with Crippen LogP contribution < -0.4 is 0 Å². The Hall–Kier alpha value is -2.28. The van der Waals surface area contributed by atoms with Crippen LogP contribution in [0.1, 0.15) is 17.0 Å². The fraction of sp³-hybridized carbons (Fsp3) is 0.312. The molecule has 1 atom stereocenters. The van der Waals surface area contributed by atoms with Crippen LogP contribution in [0.15, 0.2) is 36.4 Å². The number of hydrogen-bond acceptors (Lipinski definition) is 3. The Morgan fingerprint density at radius 2 is 1.74 bits per heavy atom. The fourth-order valence-corrected chi connectivity index (χ4v) is 2.63. The highest BCUT2D eigenvalue weighted by Crippen LogP contribution is 2.42. The second-order valence-electron chi connectivity index (χ2n) is 5.16. The van der Waals surface area contributed by atoms with Gasteiger partial charge in [0, 0.05) is 22.6 Å². The monoisotopic (exact) mass is 327 g/mol. The Labute approximate surface area is 131 Å². The van der Waals surface area contributed by atoms with Crippen LogP contribution in [0.5, 0.6) is 0 Å². The first-order chi connectivity index (χ1) is 10.6. The Balaban J connectivity index is 2.71. The average molecular weight is 327 g/mol. The van der Waals surface area contributed by atoms with Gasteiger partial charge in [0.05, 0.1) is 7.11 Å². The lowest BCUT2D eigenvalue weighted by molar-refractivity contribution is -0.267. The third-order valence-corrected chi connectivity index (χ3v) is 3.73. The number of hydrogen-bond donors (Lipinski definition) is 1. The minimum Gasteiger partial charge on any atom is -0.466 e. The van der Waals surface area contributed by atoms with Crippen molar-refractivity contribution in [3.05, 3.63) is 53.3 Å². The molecular weight excluding hydrogens is 311 g/mol. The van der Waals surface area contributed by atoms with Crippen molar-refractivity contribution in [2.75, 3.05) is 7.11 Å². The Morgan fingerprint density at radius 1 is 1.17 bits per heavy atom. The van der Waals surface area contributed by atoms with Gasteiger partial charge in [-0.2, -0.15) is 13.2 Å². The van der Waals surface area contributed by atoms with Crippen molar-refractivity contribution in [2.24, 2.45) is 0 Å². The zero-order valence-corrected chi connectivity index (χ0v) is 12.8. The zero-order valence-electron chi connectivity index (χ0n) is 12.8. The summed E-state index contributed by atoms with van der Waals surface area (Å²) in [5.41, 5.74) is -3.06.